The Bertz CT molecular complexity index is 1060. The number of fused-ring (bicyclic) bond motifs is 3. The molecular weight excluding hydrogens is 348 g/mol. The van der Waals surface area contributed by atoms with Gasteiger partial charge in [0.2, 0.25) is 0 Å². The Morgan fingerprint density at radius 3 is 2.75 bits per heavy atom. The molecular formula is C22H24N6. The van der Waals surface area contributed by atoms with Crippen molar-refractivity contribution in [1.29, 1.82) is 0 Å². The standard InChI is InChI=1S/C22H24N6/c1-2-4-20-19(3-1)22(26-24-20)21-13-28(27-25-21)18-9-5-14(6-10-18)15-11-16-7-8-17(12-15)23-16/h1-5,9-10,13-17,23H,6-8,11-12H2,(H,24,26)/t14?,15?,16-,17+. The highest BCUT2D eigenvalue weighted by molar-refractivity contribution is 5.91. The SMILES string of the molecule is C1=CC(C2C[C@H]3CC[C@@H](C2)N3)CC=C1n1cc(-c2n[nH]c3ccccc23)nn1. The highest BCUT2D eigenvalue weighted by Gasteiger charge is 2.36. The minimum Gasteiger partial charge on any atom is -0.311 e. The third-order valence-electron chi connectivity index (χ3n) is 6.70. The quantitative estimate of drug-likeness (QED) is 0.734. The van der Waals surface area contributed by atoms with Gasteiger partial charge in [-0.05, 0) is 56.1 Å². The van der Waals surface area contributed by atoms with Crippen LogP contribution in [0.5, 0.6) is 0 Å². The van der Waals surface area contributed by atoms with E-state index in [-0.39, 0.29) is 0 Å². The van der Waals surface area contributed by atoms with Gasteiger partial charge in [0, 0.05) is 17.5 Å². The van der Waals surface area contributed by atoms with Gasteiger partial charge in [-0.3, -0.25) is 5.10 Å². The highest BCUT2D eigenvalue weighted by atomic mass is 15.4. The summed E-state index contributed by atoms with van der Waals surface area (Å²) in [6.45, 7) is 0. The van der Waals surface area contributed by atoms with Crippen molar-refractivity contribution in [3.63, 3.8) is 0 Å². The molecule has 142 valence electrons. The van der Waals surface area contributed by atoms with Gasteiger partial charge in [0.05, 0.1) is 17.4 Å². The minimum atomic E-state index is 0.659. The van der Waals surface area contributed by atoms with Crippen LogP contribution >= 0.6 is 0 Å². The Hall–Kier alpha value is -2.73. The molecule has 4 heterocycles. The summed E-state index contributed by atoms with van der Waals surface area (Å²) in [5.74, 6) is 1.47. The number of hydrogen-bond acceptors (Lipinski definition) is 4. The molecule has 2 fully saturated rings. The van der Waals surface area contributed by atoms with Crippen molar-refractivity contribution in [3.05, 3.63) is 48.7 Å². The number of hydrogen-bond donors (Lipinski definition) is 2. The summed E-state index contributed by atoms with van der Waals surface area (Å²) in [7, 11) is 0. The molecule has 3 aromatic rings. The first-order valence-electron chi connectivity index (χ1n) is 10.3. The maximum absolute atomic E-state index is 4.43. The lowest BCUT2D eigenvalue weighted by Crippen LogP contribution is -2.40. The number of allylic oxidation sites excluding steroid dienone is 4. The van der Waals surface area contributed by atoms with Crippen LogP contribution in [0.3, 0.4) is 0 Å². The van der Waals surface area contributed by atoms with Crippen molar-refractivity contribution in [1.82, 2.24) is 30.5 Å². The molecule has 6 nitrogen and oxygen atoms in total. The number of piperidine rings is 1. The summed E-state index contributed by atoms with van der Waals surface area (Å²) < 4.78 is 1.87. The van der Waals surface area contributed by atoms with Crippen LogP contribution in [0.15, 0.2) is 48.7 Å². The van der Waals surface area contributed by atoms with Gasteiger partial charge in [0.15, 0.2) is 0 Å². The van der Waals surface area contributed by atoms with Crippen LogP contribution in [-0.2, 0) is 0 Å². The number of nitrogens with one attached hydrogen (secondary N) is 2. The lowest BCUT2D eigenvalue weighted by Gasteiger charge is -2.34. The van der Waals surface area contributed by atoms with E-state index in [1.165, 1.54) is 25.7 Å². The summed E-state index contributed by atoms with van der Waals surface area (Å²) in [6.07, 6.45) is 15.4. The fraction of sp³-hybridized carbons (Fsp3) is 0.409. The molecule has 0 saturated carbocycles. The molecule has 6 rings (SSSR count). The zero-order valence-corrected chi connectivity index (χ0v) is 15.8. The highest BCUT2D eigenvalue weighted by Crippen LogP contribution is 2.38. The van der Waals surface area contributed by atoms with E-state index in [0.717, 1.165) is 52.4 Å². The molecule has 6 heteroatoms. The fourth-order valence-corrected chi connectivity index (χ4v) is 5.25. The zero-order valence-electron chi connectivity index (χ0n) is 15.8. The Morgan fingerprint density at radius 2 is 1.93 bits per heavy atom. The largest absolute Gasteiger partial charge is 0.311 e. The van der Waals surface area contributed by atoms with Gasteiger partial charge in [-0.25, -0.2) is 4.68 Å². The van der Waals surface area contributed by atoms with Gasteiger partial charge in [-0.15, -0.1) is 5.10 Å². The molecule has 1 aromatic carbocycles. The minimum absolute atomic E-state index is 0.659. The second-order valence-corrected chi connectivity index (χ2v) is 8.42. The Labute approximate surface area is 163 Å². The number of aromatic amines is 1. The van der Waals surface area contributed by atoms with Crippen molar-refractivity contribution in [2.24, 2.45) is 11.8 Å². The maximum atomic E-state index is 4.43. The molecule has 2 saturated heterocycles. The molecule has 4 atom stereocenters. The van der Waals surface area contributed by atoms with Gasteiger partial charge in [-0.1, -0.05) is 35.6 Å². The van der Waals surface area contributed by atoms with Crippen molar-refractivity contribution in [2.75, 3.05) is 0 Å². The molecule has 28 heavy (non-hydrogen) atoms. The molecule has 2 bridgehead atoms. The van der Waals surface area contributed by atoms with Gasteiger partial charge >= 0.3 is 0 Å². The topological polar surface area (TPSA) is 71.4 Å². The van der Waals surface area contributed by atoms with E-state index < -0.39 is 0 Å². The monoisotopic (exact) mass is 372 g/mol. The van der Waals surface area contributed by atoms with E-state index in [2.05, 4.69) is 50.1 Å². The fourth-order valence-electron chi connectivity index (χ4n) is 5.25. The predicted molar refractivity (Wildman–Crippen MR) is 109 cm³/mol. The Balaban J connectivity index is 1.20. The van der Waals surface area contributed by atoms with Crippen molar-refractivity contribution in [3.8, 4) is 11.4 Å². The van der Waals surface area contributed by atoms with Gasteiger partial charge in [-0.2, -0.15) is 5.10 Å². The van der Waals surface area contributed by atoms with Crippen LogP contribution in [0.4, 0.5) is 0 Å². The number of rotatable bonds is 3. The maximum Gasteiger partial charge on any atom is 0.134 e. The number of aromatic nitrogens is 5. The summed E-state index contributed by atoms with van der Waals surface area (Å²) in [4.78, 5) is 0. The third kappa shape index (κ3) is 2.71. The van der Waals surface area contributed by atoms with Crippen LogP contribution < -0.4 is 5.32 Å². The van der Waals surface area contributed by atoms with Crippen LogP contribution in [0.25, 0.3) is 28.0 Å². The number of benzene rings is 1. The first-order chi connectivity index (χ1) is 13.8. The third-order valence-corrected chi connectivity index (χ3v) is 6.70. The van der Waals surface area contributed by atoms with E-state index in [0.29, 0.717) is 5.92 Å². The molecule has 0 radical (unpaired) electrons. The smallest absolute Gasteiger partial charge is 0.134 e. The average Bonchev–Trinajstić information content (AvgIpc) is 3.46. The first kappa shape index (κ1) is 16.2. The predicted octanol–water partition coefficient (Wildman–Crippen LogP) is 3.77. The van der Waals surface area contributed by atoms with Crippen molar-refractivity contribution >= 4 is 16.6 Å². The van der Waals surface area contributed by atoms with E-state index in [9.17, 15) is 0 Å². The second-order valence-electron chi connectivity index (χ2n) is 8.42. The van der Waals surface area contributed by atoms with Crippen molar-refractivity contribution in [2.45, 2.75) is 44.2 Å². The molecule has 0 amide bonds. The molecule has 2 N–H and O–H groups in total. The van der Waals surface area contributed by atoms with Crippen LogP contribution in [0.1, 0.15) is 32.1 Å². The number of H-pyrrole nitrogens is 1. The van der Waals surface area contributed by atoms with E-state index in [4.69, 9.17) is 0 Å². The van der Waals surface area contributed by atoms with Gasteiger partial charge in [0.1, 0.15) is 11.4 Å². The molecule has 1 aliphatic carbocycles. The molecule has 0 spiro atoms. The van der Waals surface area contributed by atoms with E-state index >= 15 is 0 Å². The van der Waals surface area contributed by atoms with E-state index in [1.54, 1.807) is 0 Å². The number of para-hydroxylation sites is 1. The first-order valence-corrected chi connectivity index (χ1v) is 10.3. The normalized spacial score (nSPS) is 29.4. The molecule has 2 aromatic heterocycles. The summed E-state index contributed by atoms with van der Waals surface area (Å²) in [5, 5.41) is 21.1. The molecule has 3 aliphatic rings. The van der Waals surface area contributed by atoms with Crippen LogP contribution in [0, 0.1) is 11.8 Å². The van der Waals surface area contributed by atoms with Crippen LogP contribution in [0.2, 0.25) is 0 Å². The Morgan fingerprint density at radius 1 is 1.07 bits per heavy atom. The second kappa shape index (κ2) is 6.41. The van der Waals surface area contributed by atoms with Crippen LogP contribution in [-0.4, -0.2) is 37.3 Å². The van der Waals surface area contributed by atoms with Gasteiger partial charge < -0.3 is 5.32 Å². The van der Waals surface area contributed by atoms with Crippen molar-refractivity contribution < 1.29 is 0 Å². The summed E-state index contributed by atoms with van der Waals surface area (Å²) in [6, 6.07) is 9.61. The lowest BCUT2D eigenvalue weighted by atomic mass is 9.78. The number of nitrogens with zero attached hydrogens (tertiary/aromatic N) is 4. The lowest BCUT2D eigenvalue weighted by molar-refractivity contribution is 0.245. The van der Waals surface area contributed by atoms with E-state index in [1.807, 2.05) is 29.1 Å². The Kier molecular flexibility index (Phi) is 3.72. The summed E-state index contributed by atoms with van der Waals surface area (Å²) in [5.41, 5.74) is 3.77. The summed E-state index contributed by atoms with van der Waals surface area (Å²) >= 11 is 0. The molecule has 2 unspecified atom stereocenters. The molecule has 2 aliphatic heterocycles. The van der Waals surface area contributed by atoms with Gasteiger partial charge in [0.25, 0.3) is 0 Å². The average molecular weight is 372 g/mol. The zero-order chi connectivity index (χ0) is 18.5.